The summed E-state index contributed by atoms with van der Waals surface area (Å²) in [5.41, 5.74) is 11.5. The molecule has 4 aromatic rings. The minimum Gasteiger partial charge on any atom is -0.390 e. The molecule has 2 aromatic carbocycles. The minimum atomic E-state index is -0.486. The summed E-state index contributed by atoms with van der Waals surface area (Å²) < 4.78 is 5.87. The van der Waals surface area contributed by atoms with E-state index in [9.17, 15) is 14.7 Å². The zero-order chi connectivity index (χ0) is 42.1. The monoisotopic (exact) mass is 809 g/mol. The summed E-state index contributed by atoms with van der Waals surface area (Å²) >= 11 is 0. The van der Waals surface area contributed by atoms with Crippen LogP contribution < -0.4 is 0 Å². The molecular formula is C54H68N2O4. The number of aromatic nitrogens is 2. The number of ether oxygens (including phenoxy) is 1. The Kier molecular flexibility index (Phi) is 12.4. The Balaban J connectivity index is 0.000000167. The Labute approximate surface area is 359 Å². The molecule has 4 aliphatic carbocycles. The summed E-state index contributed by atoms with van der Waals surface area (Å²) in [6, 6.07) is 20.9. The molecule has 3 fully saturated rings. The predicted molar refractivity (Wildman–Crippen MR) is 240 cm³/mol. The third kappa shape index (κ3) is 8.32. The van der Waals surface area contributed by atoms with Crippen molar-refractivity contribution in [3.63, 3.8) is 0 Å². The molecule has 2 aromatic heterocycles. The van der Waals surface area contributed by atoms with Crippen LogP contribution in [0.4, 0.5) is 0 Å². The number of fused-ring (bicyclic) bond motifs is 6. The SMILES string of the molecule is CCC[C@@]1(O)CC[C@@]2(CC)c3ccc(C(=O)Cc4cccnc4C)cc3CCC[C@H]2C1.CC[C@@]12CC[C@]3(CO3)C[C@@H]1CCCc1cc(C(=O)Cc3cccnc3C)ccc12. The van der Waals surface area contributed by atoms with E-state index < -0.39 is 5.60 Å². The maximum Gasteiger partial charge on any atom is 0.167 e. The van der Waals surface area contributed by atoms with Crippen molar-refractivity contribution in [2.75, 3.05) is 6.61 Å². The summed E-state index contributed by atoms with van der Waals surface area (Å²) in [6.07, 6.45) is 22.1. The molecule has 6 nitrogen and oxygen atoms in total. The molecule has 318 valence electrons. The highest BCUT2D eigenvalue weighted by atomic mass is 16.6. The number of nitrogens with zero attached hydrogens (tertiary/aromatic N) is 2. The Morgan fingerprint density at radius 3 is 1.67 bits per heavy atom. The summed E-state index contributed by atoms with van der Waals surface area (Å²) in [5.74, 6) is 1.61. The van der Waals surface area contributed by atoms with Crippen LogP contribution in [-0.2, 0) is 41.3 Å². The lowest BCUT2D eigenvalue weighted by Gasteiger charge is -2.50. The molecule has 2 saturated carbocycles. The third-order valence-electron chi connectivity index (χ3n) is 16.3. The van der Waals surface area contributed by atoms with Crippen molar-refractivity contribution in [3.05, 3.63) is 129 Å². The van der Waals surface area contributed by atoms with Gasteiger partial charge in [-0.1, -0.05) is 63.6 Å². The predicted octanol–water partition coefficient (Wildman–Crippen LogP) is 11.5. The van der Waals surface area contributed by atoms with Crippen molar-refractivity contribution < 1.29 is 19.4 Å². The van der Waals surface area contributed by atoms with Crippen LogP contribution in [-0.4, -0.2) is 44.4 Å². The van der Waals surface area contributed by atoms with Crippen LogP contribution in [0.15, 0.2) is 73.1 Å². The number of hydrogen-bond acceptors (Lipinski definition) is 6. The fourth-order valence-corrected chi connectivity index (χ4v) is 12.6. The van der Waals surface area contributed by atoms with Crippen LogP contribution in [0, 0.1) is 25.7 Å². The second-order valence-corrected chi connectivity index (χ2v) is 19.5. The van der Waals surface area contributed by atoms with Crippen molar-refractivity contribution in [3.8, 4) is 0 Å². The smallest absolute Gasteiger partial charge is 0.167 e. The molecule has 0 radical (unpaired) electrons. The molecule has 5 aliphatic rings. The van der Waals surface area contributed by atoms with Gasteiger partial charge in [0.15, 0.2) is 11.6 Å². The average Bonchev–Trinajstić information content (AvgIpc) is 4.06. The average molecular weight is 809 g/mol. The van der Waals surface area contributed by atoms with Gasteiger partial charge in [0.05, 0.1) is 17.8 Å². The molecule has 1 aliphatic heterocycles. The molecule has 6 atom stereocenters. The molecule has 0 unspecified atom stereocenters. The van der Waals surface area contributed by atoms with Crippen LogP contribution in [0.25, 0.3) is 0 Å². The number of ketones is 2. The van der Waals surface area contributed by atoms with Gasteiger partial charge in [0.25, 0.3) is 0 Å². The number of hydrogen-bond donors (Lipinski definition) is 1. The maximum atomic E-state index is 13.1. The molecule has 1 spiro atoms. The molecular weight excluding hydrogens is 741 g/mol. The molecule has 1 saturated heterocycles. The fourth-order valence-electron chi connectivity index (χ4n) is 12.6. The van der Waals surface area contributed by atoms with E-state index in [1.807, 2.05) is 38.1 Å². The Hall–Kier alpha value is -4.00. The van der Waals surface area contributed by atoms with Crippen molar-refractivity contribution >= 4 is 11.6 Å². The first-order chi connectivity index (χ1) is 29.0. The molecule has 1 N–H and O–H groups in total. The Morgan fingerprint density at radius 2 is 1.20 bits per heavy atom. The van der Waals surface area contributed by atoms with Crippen molar-refractivity contribution in [1.82, 2.24) is 9.97 Å². The van der Waals surface area contributed by atoms with E-state index in [-0.39, 0.29) is 28.0 Å². The number of epoxide rings is 1. The summed E-state index contributed by atoms with van der Waals surface area (Å²) in [6.45, 7) is 11.8. The van der Waals surface area contributed by atoms with Crippen LogP contribution >= 0.6 is 0 Å². The van der Waals surface area contributed by atoms with Gasteiger partial charge in [0.2, 0.25) is 0 Å². The van der Waals surface area contributed by atoms with Gasteiger partial charge in [0.1, 0.15) is 0 Å². The van der Waals surface area contributed by atoms with E-state index >= 15 is 0 Å². The highest BCUT2D eigenvalue weighted by Crippen LogP contribution is 2.58. The van der Waals surface area contributed by atoms with Gasteiger partial charge in [-0.2, -0.15) is 0 Å². The lowest BCUT2D eigenvalue weighted by atomic mass is 9.56. The van der Waals surface area contributed by atoms with Crippen molar-refractivity contribution in [2.24, 2.45) is 11.8 Å². The number of benzene rings is 2. The van der Waals surface area contributed by atoms with Gasteiger partial charge in [-0.05, 0) is 190 Å². The van der Waals surface area contributed by atoms with Gasteiger partial charge < -0.3 is 9.84 Å². The first-order valence-corrected chi connectivity index (χ1v) is 23.5. The summed E-state index contributed by atoms with van der Waals surface area (Å²) in [5, 5.41) is 11.2. The van der Waals surface area contributed by atoms with Gasteiger partial charge in [-0.25, -0.2) is 0 Å². The highest BCUT2D eigenvalue weighted by molar-refractivity contribution is 5.98. The van der Waals surface area contributed by atoms with E-state index in [2.05, 4.69) is 67.1 Å². The van der Waals surface area contributed by atoms with E-state index in [4.69, 9.17) is 4.74 Å². The van der Waals surface area contributed by atoms with Gasteiger partial charge in [-0.3, -0.25) is 19.6 Å². The normalized spacial score (nSPS) is 29.0. The standard InChI is InChI=1S/C28H37NO2.C26H31NO2/c1-4-13-27(31)14-15-28(5-2)24(19-27)10-6-8-22-17-23(11-12-25(22)28)26(30)18-21-9-7-16-29-20(21)3;1-3-26-12-11-25(17-29-25)16-22(26)8-4-6-20-14-21(9-10-23(20)26)24(28)15-19-7-5-13-27-18(19)2/h7,9,11-12,16-17,24,31H,4-6,8,10,13-15,18-19H2,1-3H3;5,7,9-10,13-14,22H,3-4,6,8,11-12,15-17H2,1-2H3/t24-,27+,28+;22-,25+,26+/m00/s1. The number of Topliss-reactive ketones (excluding diaryl/α,β-unsaturated/α-hetero) is 2. The summed E-state index contributed by atoms with van der Waals surface area (Å²) in [4.78, 5) is 34.7. The summed E-state index contributed by atoms with van der Waals surface area (Å²) in [7, 11) is 0. The largest absolute Gasteiger partial charge is 0.390 e. The fraction of sp³-hybridized carbons (Fsp3) is 0.556. The number of carbonyl (C=O) groups is 2. The molecule has 0 bridgehead atoms. The molecule has 60 heavy (non-hydrogen) atoms. The number of carbonyl (C=O) groups excluding carboxylic acids is 2. The number of aryl methyl sites for hydroxylation is 4. The number of aliphatic hydroxyl groups is 1. The lowest BCUT2D eigenvalue weighted by molar-refractivity contribution is -0.0542. The number of rotatable bonds is 10. The van der Waals surface area contributed by atoms with Gasteiger partial charge >= 0.3 is 0 Å². The lowest BCUT2D eigenvalue weighted by Crippen LogP contribution is -2.47. The maximum absolute atomic E-state index is 13.1. The molecule has 3 heterocycles. The minimum absolute atomic E-state index is 0.146. The van der Waals surface area contributed by atoms with E-state index in [0.717, 1.165) is 98.0 Å². The van der Waals surface area contributed by atoms with Gasteiger partial charge in [-0.15, -0.1) is 0 Å². The van der Waals surface area contributed by atoms with Crippen LogP contribution in [0.3, 0.4) is 0 Å². The van der Waals surface area contributed by atoms with E-state index in [0.29, 0.717) is 24.7 Å². The zero-order valence-corrected chi connectivity index (χ0v) is 37.1. The van der Waals surface area contributed by atoms with Crippen LogP contribution in [0.1, 0.15) is 176 Å². The van der Waals surface area contributed by atoms with Crippen LogP contribution in [0.2, 0.25) is 0 Å². The number of pyridine rings is 2. The third-order valence-corrected chi connectivity index (χ3v) is 16.3. The van der Waals surface area contributed by atoms with Crippen molar-refractivity contribution in [1.29, 1.82) is 0 Å². The van der Waals surface area contributed by atoms with E-state index in [1.165, 1.54) is 67.2 Å². The molecule has 0 amide bonds. The topological polar surface area (TPSA) is 92.7 Å². The van der Waals surface area contributed by atoms with Crippen molar-refractivity contribution in [2.45, 2.75) is 172 Å². The first-order valence-electron chi connectivity index (χ1n) is 23.5. The Morgan fingerprint density at radius 1 is 0.700 bits per heavy atom. The first kappa shape index (κ1) is 42.7. The highest BCUT2D eigenvalue weighted by Gasteiger charge is 2.56. The molecule has 9 rings (SSSR count). The van der Waals surface area contributed by atoms with E-state index in [1.54, 1.807) is 12.4 Å². The second-order valence-electron chi connectivity index (χ2n) is 19.5. The molecule has 6 heteroatoms. The zero-order valence-electron chi connectivity index (χ0n) is 37.1. The second kappa shape index (κ2) is 17.4. The van der Waals surface area contributed by atoms with Crippen LogP contribution in [0.5, 0.6) is 0 Å². The van der Waals surface area contributed by atoms with Gasteiger partial charge in [0, 0.05) is 47.8 Å². The Bertz CT molecular complexity index is 2210. The quantitative estimate of drug-likeness (QED) is 0.127.